The maximum absolute atomic E-state index is 14.4. The number of para-hydroxylation sites is 1. The number of amides is 1. The zero-order valence-electron chi connectivity index (χ0n) is 23.9. The van der Waals surface area contributed by atoms with Gasteiger partial charge in [0, 0.05) is 24.7 Å². The molecular weight excluding hydrogens is 532 g/mol. The number of rotatable bonds is 10. The van der Waals surface area contributed by atoms with E-state index in [-0.39, 0.29) is 11.9 Å². The first-order valence-electron chi connectivity index (χ1n) is 14.9. The molecular formula is C34H37F2N5O. The SMILES string of the molecule is CCCC(N[C@H]1CCc2cc(F)cc(F)c2C1)C(=O)Nc1cn(-c2ccccc2CNC2Cc3ccccc3C2)cn1. The van der Waals surface area contributed by atoms with Crippen LogP contribution in [0.1, 0.15) is 54.0 Å². The molecule has 0 aliphatic heterocycles. The maximum Gasteiger partial charge on any atom is 0.242 e. The summed E-state index contributed by atoms with van der Waals surface area (Å²) in [5.74, 6) is -0.739. The number of anilines is 1. The van der Waals surface area contributed by atoms with Crippen LogP contribution in [-0.4, -0.2) is 33.6 Å². The molecule has 4 aromatic rings. The van der Waals surface area contributed by atoms with Crippen molar-refractivity contribution in [2.75, 3.05) is 5.32 Å². The van der Waals surface area contributed by atoms with Crippen LogP contribution in [0.3, 0.4) is 0 Å². The van der Waals surface area contributed by atoms with Crippen LogP contribution in [0.15, 0.2) is 73.2 Å². The molecule has 2 atom stereocenters. The molecule has 42 heavy (non-hydrogen) atoms. The molecule has 8 heteroatoms. The third-order valence-electron chi connectivity index (χ3n) is 8.53. The van der Waals surface area contributed by atoms with Crippen molar-refractivity contribution in [1.82, 2.24) is 20.2 Å². The summed E-state index contributed by atoms with van der Waals surface area (Å²) in [6.07, 6.45) is 8.82. The average Bonchev–Trinajstić information content (AvgIpc) is 3.63. The zero-order chi connectivity index (χ0) is 29.1. The number of carbonyl (C=O) groups excluding carboxylic acids is 1. The number of fused-ring (bicyclic) bond motifs is 2. The molecule has 0 radical (unpaired) electrons. The number of imidazole rings is 1. The van der Waals surface area contributed by atoms with Gasteiger partial charge < -0.3 is 20.5 Å². The second kappa shape index (κ2) is 12.5. The van der Waals surface area contributed by atoms with Crippen molar-refractivity contribution in [3.63, 3.8) is 0 Å². The molecule has 3 N–H and O–H groups in total. The largest absolute Gasteiger partial charge is 0.309 e. The molecule has 6 nitrogen and oxygen atoms in total. The Bertz CT molecular complexity index is 1540. The van der Waals surface area contributed by atoms with Crippen LogP contribution in [0, 0.1) is 11.6 Å². The molecule has 1 unspecified atom stereocenters. The van der Waals surface area contributed by atoms with Gasteiger partial charge in [-0.3, -0.25) is 4.79 Å². The first-order valence-corrected chi connectivity index (χ1v) is 14.9. The van der Waals surface area contributed by atoms with Crippen LogP contribution in [0.25, 0.3) is 5.69 Å². The summed E-state index contributed by atoms with van der Waals surface area (Å²) in [4.78, 5) is 17.8. The minimum atomic E-state index is -0.543. The Morgan fingerprint density at radius 2 is 1.76 bits per heavy atom. The molecule has 6 rings (SSSR count). The molecule has 1 amide bonds. The monoisotopic (exact) mass is 569 g/mol. The van der Waals surface area contributed by atoms with Gasteiger partial charge in [-0.2, -0.15) is 0 Å². The number of halogens is 2. The van der Waals surface area contributed by atoms with E-state index in [1.54, 1.807) is 6.33 Å². The zero-order valence-corrected chi connectivity index (χ0v) is 23.9. The van der Waals surface area contributed by atoms with Crippen LogP contribution in [0.5, 0.6) is 0 Å². The van der Waals surface area contributed by atoms with Gasteiger partial charge in [-0.25, -0.2) is 13.8 Å². The number of hydrogen-bond acceptors (Lipinski definition) is 4. The van der Waals surface area contributed by atoms with Crippen molar-refractivity contribution in [2.45, 2.75) is 76.5 Å². The molecule has 1 aromatic heterocycles. The van der Waals surface area contributed by atoms with E-state index < -0.39 is 17.7 Å². The summed E-state index contributed by atoms with van der Waals surface area (Å²) >= 11 is 0. The van der Waals surface area contributed by atoms with Gasteiger partial charge >= 0.3 is 0 Å². The molecule has 0 saturated heterocycles. The highest BCUT2D eigenvalue weighted by Gasteiger charge is 2.27. The van der Waals surface area contributed by atoms with Crippen LogP contribution in [-0.2, 0) is 37.0 Å². The molecule has 0 fully saturated rings. The van der Waals surface area contributed by atoms with Crippen molar-refractivity contribution >= 4 is 11.7 Å². The van der Waals surface area contributed by atoms with E-state index >= 15 is 0 Å². The Kier molecular flexibility index (Phi) is 8.44. The number of aromatic nitrogens is 2. The Hall–Kier alpha value is -3.88. The molecule has 1 heterocycles. The first kappa shape index (κ1) is 28.2. The minimum Gasteiger partial charge on any atom is -0.309 e. The molecule has 3 aromatic carbocycles. The molecule has 2 aliphatic carbocycles. The lowest BCUT2D eigenvalue weighted by molar-refractivity contribution is -0.118. The van der Waals surface area contributed by atoms with E-state index in [1.807, 2.05) is 29.8 Å². The smallest absolute Gasteiger partial charge is 0.242 e. The summed E-state index contributed by atoms with van der Waals surface area (Å²) in [5, 5.41) is 10.1. The van der Waals surface area contributed by atoms with Gasteiger partial charge in [-0.1, -0.05) is 55.8 Å². The fourth-order valence-corrected chi connectivity index (χ4v) is 6.39. The summed E-state index contributed by atoms with van der Waals surface area (Å²) in [6.45, 7) is 2.76. The lowest BCUT2D eigenvalue weighted by atomic mass is 9.87. The maximum atomic E-state index is 14.4. The van der Waals surface area contributed by atoms with Gasteiger partial charge in [-0.15, -0.1) is 0 Å². The second-order valence-electron chi connectivity index (χ2n) is 11.5. The van der Waals surface area contributed by atoms with Gasteiger partial charge in [0.15, 0.2) is 5.82 Å². The highest BCUT2D eigenvalue weighted by molar-refractivity contribution is 5.94. The quantitative estimate of drug-likeness (QED) is 0.231. The summed E-state index contributed by atoms with van der Waals surface area (Å²) < 4.78 is 30.0. The Labute approximate surface area is 245 Å². The van der Waals surface area contributed by atoms with Gasteiger partial charge in [0.25, 0.3) is 0 Å². The Morgan fingerprint density at radius 3 is 2.55 bits per heavy atom. The molecule has 218 valence electrons. The van der Waals surface area contributed by atoms with E-state index in [1.165, 1.54) is 17.2 Å². The summed E-state index contributed by atoms with van der Waals surface area (Å²) in [5.41, 5.74) is 6.27. The van der Waals surface area contributed by atoms with Crippen LogP contribution in [0.2, 0.25) is 0 Å². The molecule has 0 spiro atoms. The number of carbonyl (C=O) groups is 1. The topological polar surface area (TPSA) is 71.0 Å². The van der Waals surface area contributed by atoms with E-state index in [4.69, 9.17) is 0 Å². The number of hydrogen-bond donors (Lipinski definition) is 3. The predicted molar refractivity (Wildman–Crippen MR) is 161 cm³/mol. The lowest BCUT2D eigenvalue weighted by Gasteiger charge is -2.29. The van der Waals surface area contributed by atoms with E-state index in [0.29, 0.717) is 36.7 Å². The fraction of sp³-hybridized carbons (Fsp3) is 0.353. The van der Waals surface area contributed by atoms with Gasteiger partial charge in [0.2, 0.25) is 5.91 Å². The number of aryl methyl sites for hydroxylation is 1. The first-order chi connectivity index (χ1) is 20.5. The van der Waals surface area contributed by atoms with Gasteiger partial charge in [0.1, 0.15) is 18.0 Å². The molecule has 0 saturated carbocycles. The normalized spacial score (nSPS) is 17.1. The Morgan fingerprint density at radius 1 is 1.00 bits per heavy atom. The lowest BCUT2D eigenvalue weighted by Crippen LogP contribution is -2.48. The van der Waals surface area contributed by atoms with E-state index in [9.17, 15) is 13.6 Å². The summed E-state index contributed by atoms with van der Waals surface area (Å²) in [7, 11) is 0. The van der Waals surface area contributed by atoms with Crippen LogP contribution >= 0.6 is 0 Å². The van der Waals surface area contributed by atoms with E-state index in [2.05, 4.69) is 57.3 Å². The number of nitrogens with zero attached hydrogens (tertiary/aromatic N) is 2. The predicted octanol–water partition coefficient (Wildman–Crippen LogP) is 5.66. The third kappa shape index (κ3) is 6.30. The third-order valence-corrected chi connectivity index (χ3v) is 8.53. The molecule has 2 aliphatic rings. The van der Waals surface area contributed by atoms with E-state index in [0.717, 1.165) is 55.1 Å². The van der Waals surface area contributed by atoms with Crippen LogP contribution in [0.4, 0.5) is 14.6 Å². The highest BCUT2D eigenvalue weighted by Crippen LogP contribution is 2.26. The minimum absolute atomic E-state index is 0.0654. The van der Waals surface area contributed by atoms with Crippen molar-refractivity contribution < 1.29 is 13.6 Å². The van der Waals surface area contributed by atoms with Crippen molar-refractivity contribution in [3.05, 3.63) is 113 Å². The van der Waals surface area contributed by atoms with Crippen molar-refractivity contribution in [3.8, 4) is 5.69 Å². The average molecular weight is 570 g/mol. The Balaban J connectivity index is 1.08. The fourth-order valence-electron chi connectivity index (χ4n) is 6.39. The second-order valence-corrected chi connectivity index (χ2v) is 11.5. The molecule has 0 bridgehead atoms. The highest BCUT2D eigenvalue weighted by atomic mass is 19.1. The van der Waals surface area contributed by atoms with Gasteiger partial charge in [0.05, 0.1) is 17.9 Å². The standard InChI is InChI=1S/C34H37F2N5O/c1-2-7-31(39-27-13-12-24-14-26(35)17-30(36)29(24)18-27)34(42)40-33-20-41(21-38-33)32-11-6-5-10-25(32)19-37-28-15-22-8-3-4-9-23(22)16-28/h3-6,8-11,14,17,20-21,27-28,31,37,39H,2,7,12-13,15-16,18-19H2,1H3,(H,40,42)/t27-,31?/m0/s1. The number of benzene rings is 3. The van der Waals surface area contributed by atoms with Gasteiger partial charge in [-0.05, 0) is 78.5 Å². The summed E-state index contributed by atoms with van der Waals surface area (Å²) in [6, 6.07) is 19.1. The van der Waals surface area contributed by atoms with Crippen molar-refractivity contribution in [1.29, 1.82) is 0 Å². The van der Waals surface area contributed by atoms with Crippen LogP contribution < -0.4 is 16.0 Å². The number of nitrogens with one attached hydrogen (secondary N) is 3. The van der Waals surface area contributed by atoms with Crippen molar-refractivity contribution in [2.24, 2.45) is 0 Å².